The van der Waals surface area contributed by atoms with Crippen molar-refractivity contribution >= 4 is 11.8 Å². The molecule has 7 heteroatoms. The lowest BCUT2D eigenvalue weighted by molar-refractivity contribution is -0.118. The smallest absolute Gasteiger partial charge is 0.356 e. The number of imidazole rings is 1. The van der Waals surface area contributed by atoms with Gasteiger partial charge in [-0.25, -0.2) is 9.59 Å². The number of esters is 1. The molecule has 0 aromatic carbocycles. The molecule has 1 aliphatic rings. The van der Waals surface area contributed by atoms with Crippen molar-refractivity contribution in [3.8, 4) is 0 Å². The minimum atomic E-state index is -0.667. The molecule has 0 atom stereocenters. The summed E-state index contributed by atoms with van der Waals surface area (Å²) in [5.74, 6) is -0.830. The Morgan fingerprint density at radius 3 is 2.55 bits per heavy atom. The fourth-order valence-corrected chi connectivity index (χ4v) is 2.63. The summed E-state index contributed by atoms with van der Waals surface area (Å²) in [6.07, 6.45) is 0.695. The summed E-state index contributed by atoms with van der Waals surface area (Å²) in [5, 5.41) is 10.1. The second kappa shape index (κ2) is 5.82. The maximum absolute atomic E-state index is 12.2. The summed E-state index contributed by atoms with van der Waals surface area (Å²) in [5.41, 5.74) is -0.370. The molecule has 0 spiro atoms. The van der Waals surface area contributed by atoms with E-state index < -0.39 is 11.7 Å². The van der Waals surface area contributed by atoms with Crippen LogP contribution >= 0.6 is 0 Å². The van der Waals surface area contributed by atoms with Gasteiger partial charge in [-0.3, -0.25) is 9.78 Å². The number of aromatic nitrogens is 2. The number of ketones is 1. The van der Waals surface area contributed by atoms with Crippen LogP contribution in [0, 0.1) is 5.41 Å². The summed E-state index contributed by atoms with van der Waals surface area (Å²) in [6, 6.07) is 0. The molecule has 1 heterocycles. The highest BCUT2D eigenvalue weighted by molar-refractivity contribution is 5.98. The van der Waals surface area contributed by atoms with Crippen molar-refractivity contribution in [2.75, 3.05) is 6.61 Å². The largest absolute Gasteiger partial charge is 0.512 e. The Bertz CT molecular complexity index is 693. The van der Waals surface area contributed by atoms with E-state index in [2.05, 4.69) is 9.97 Å². The lowest BCUT2D eigenvalue weighted by Crippen LogP contribution is -2.27. The Morgan fingerprint density at radius 1 is 1.27 bits per heavy atom. The molecule has 1 aliphatic carbocycles. The highest BCUT2D eigenvalue weighted by Crippen LogP contribution is 2.36. The van der Waals surface area contributed by atoms with Gasteiger partial charge in [-0.15, -0.1) is 0 Å². The molecule has 0 amide bonds. The molecule has 0 saturated heterocycles. The average molecular weight is 308 g/mol. The Morgan fingerprint density at radius 2 is 1.95 bits per heavy atom. The van der Waals surface area contributed by atoms with Gasteiger partial charge in [-0.2, -0.15) is 0 Å². The topological polar surface area (TPSA) is 112 Å². The van der Waals surface area contributed by atoms with Crippen LogP contribution < -0.4 is 5.69 Å². The molecule has 1 aromatic heterocycles. The summed E-state index contributed by atoms with van der Waals surface area (Å²) in [6.45, 7) is 5.64. The van der Waals surface area contributed by atoms with Crippen LogP contribution in [0.25, 0.3) is 0 Å². The third kappa shape index (κ3) is 3.29. The zero-order valence-electron chi connectivity index (χ0n) is 12.9. The van der Waals surface area contributed by atoms with Crippen molar-refractivity contribution < 1.29 is 19.4 Å². The predicted octanol–water partition coefficient (Wildman–Crippen LogP) is 1.62. The fourth-order valence-electron chi connectivity index (χ4n) is 2.63. The maximum atomic E-state index is 12.2. The molecule has 3 N–H and O–H groups in total. The number of aliphatic hydroxyl groups is 1. The molecular weight excluding hydrogens is 288 g/mol. The number of ether oxygens (including phenoxy) is 1. The van der Waals surface area contributed by atoms with E-state index in [4.69, 9.17) is 4.74 Å². The van der Waals surface area contributed by atoms with E-state index in [1.54, 1.807) is 6.92 Å². The standard InChI is InChI=1S/C15H20N2O5/c1-4-22-13(20)12-9(16-14(21)17-12)5-8-10(18)6-15(2,3)7-11(8)19/h18H,4-7H2,1-3H3,(H2,16,17,21). The minimum Gasteiger partial charge on any atom is -0.512 e. The number of hydrogen-bond donors (Lipinski definition) is 3. The van der Waals surface area contributed by atoms with E-state index in [1.165, 1.54) is 0 Å². The molecule has 0 fully saturated rings. The normalized spacial score (nSPS) is 17.7. The van der Waals surface area contributed by atoms with E-state index in [0.717, 1.165) is 0 Å². The second-order valence-corrected chi connectivity index (χ2v) is 6.20. The number of nitrogens with one attached hydrogen (secondary N) is 2. The Kier molecular flexibility index (Phi) is 4.25. The third-order valence-electron chi connectivity index (χ3n) is 3.61. The molecule has 0 bridgehead atoms. The number of carbonyl (C=O) groups excluding carboxylic acids is 2. The number of aromatic amines is 2. The zero-order chi connectivity index (χ0) is 16.5. The number of aliphatic hydroxyl groups excluding tert-OH is 1. The fraction of sp³-hybridized carbons (Fsp3) is 0.533. The molecule has 0 unspecified atom stereocenters. The first kappa shape index (κ1) is 16.1. The van der Waals surface area contributed by atoms with E-state index >= 15 is 0 Å². The third-order valence-corrected chi connectivity index (χ3v) is 3.61. The number of hydrogen-bond acceptors (Lipinski definition) is 5. The van der Waals surface area contributed by atoms with Gasteiger partial charge in [0.05, 0.1) is 18.1 Å². The first-order valence-corrected chi connectivity index (χ1v) is 7.16. The summed E-state index contributed by atoms with van der Waals surface area (Å²) in [7, 11) is 0. The van der Waals surface area contributed by atoms with Gasteiger partial charge in [0.1, 0.15) is 5.69 Å². The lowest BCUT2D eigenvalue weighted by Gasteiger charge is -2.29. The van der Waals surface area contributed by atoms with E-state index in [1.807, 2.05) is 13.8 Å². The Labute approximate surface area is 127 Å². The first-order valence-electron chi connectivity index (χ1n) is 7.16. The molecule has 1 aromatic rings. The van der Waals surface area contributed by atoms with Crippen LogP contribution in [-0.4, -0.2) is 33.4 Å². The van der Waals surface area contributed by atoms with Gasteiger partial charge in [-0.05, 0) is 12.3 Å². The van der Waals surface area contributed by atoms with E-state index in [0.29, 0.717) is 12.8 Å². The SMILES string of the molecule is CCOC(=O)c1[nH]c(=O)[nH]c1CC1=C(O)CC(C)(C)CC1=O. The van der Waals surface area contributed by atoms with Crippen molar-refractivity contribution in [2.45, 2.75) is 40.0 Å². The Balaban J connectivity index is 2.33. The van der Waals surface area contributed by atoms with Gasteiger partial charge in [0.15, 0.2) is 5.78 Å². The summed E-state index contributed by atoms with van der Waals surface area (Å²) in [4.78, 5) is 40.3. The quantitative estimate of drug-likeness (QED) is 0.732. The van der Waals surface area contributed by atoms with Crippen LogP contribution in [0.2, 0.25) is 0 Å². The van der Waals surface area contributed by atoms with Crippen LogP contribution in [0.15, 0.2) is 16.1 Å². The second-order valence-electron chi connectivity index (χ2n) is 6.20. The van der Waals surface area contributed by atoms with Gasteiger partial charge in [0.25, 0.3) is 0 Å². The molecule has 7 nitrogen and oxygen atoms in total. The number of rotatable bonds is 4. The van der Waals surface area contributed by atoms with Crippen molar-refractivity contribution in [2.24, 2.45) is 5.41 Å². The number of carbonyl (C=O) groups is 2. The molecule has 0 radical (unpaired) electrons. The van der Waals surface area contributed by atoms with Crippen molar-refractivity contribution in [1.29, 1.82) is 0 Å². The number of H-pyrrole nitrogens is 2. The molecule has 120 valence electrons. The van der Waals surface area contributed by atoms with Crippen molar-refractivity contribution in [3.05, 3.63) is 33.2 Å². The van der Waals surface area contributed by atoms with Gasteiger partial charge < -0.3 is 14.8 Å². The average Bonchev–Trinajstić information content (AvgIpc) is 2.74. The monoisotopic (exact) mass is 308 g/mol. The van der Waals surface area contributed by atoms with E-state index in [-0.39, 0.29) is 46.9 Å². The Hall–Kier alpha value is -2.31. The predicted molar refractivity (Wildman–Crippen MR) is 78.8 cm³/mol. The zero-order valence-corrected chi connectivity index (χ0v) is 12.9. The molecular formula is C15H20N2O5. The summed E-state index contributed by atoms with van der Waals surface area (Å²) >= 11 is 0. The van der Waals surface area contributed by atoms with Crippen LogP contribution in [0.3, 0.4) is 0 Å². The molecule has 0 aliphatic heterocycles. The van der Waals surface area contributed by atoms with Crippen LogP contribution in [0.4, 0.5) is 0 Å². The van der Waals surface area contributed by atoms with Gasteiger partial charge in [0.2, 0.25) is 0 Å². The minimum absolute atomic E-state index is 0.00632. The number of allylic oxidation sites excluding steroid dienone is 2. The summed E-state index contributed by atoms with van der Waals surface area (Å²) < 4.78 is 4.87. The lowest BCUT2D eigenvalue weighted by atomic mass is 9.75. The van der Waals surface area contributed by atoms with Crippen molar-refractivity contribution in [1.82, 2.24) is 9.97 Å². The van der Waals surface area contributed by atoms with Gasteiger partial charge in [0, 0.05) is 24.8 Å². The molecule has 2 rings (SSSR count). The van der Waals surface area contributed by atoms with Gasteiger partial charge in [-0.1, -0.05) is 13.8 Å². The number of Topliss-reactive ketones (excluding diaryl/α,β-unsaturated/α-hetero) is 1. The highest BCUT2D eigenvalue weighted by Gasteiger charge is 2.33. The van der Waals surface area contributed by atoms with E-state index in [9.17, 15) is 19.5 Å². The molecule has 0 saturated carbocycles. The first-order chi connectivity index (χ1) is 10.2. The highest BCUT2D eigenvalue weighted by atomic mass is 16.5. The van der Waals surface area contributed by atoms with Crippen LogP contribution in [0.1, 0.15) is 49.8 Å². The molecule has 22 heavy (non-hydrogen) atoms. The maximum Gasteiger partial charge on any atom is 0.356 e. The van der Waals surface area contributed by atoms with Crippen LogP contribution in [0.5, 0.6) is 0 Å². The van der Waals surface area contributed by atoms with Crippen molar-refractivity contribution in [3.63, 3.8) is 0 Å². The van der Waals surface area contributed by atoms with Gasteiger partial charge >= 0.3 is 11.7 Å². The van der Waals surface area contributed by atoms with Crippen LogP contribution in [-0.2, 0) is 16.0 Å².